The lowest BCUT2D eigenvalue weighted by Crippen LogP contribution is -2.37. The van der Waals surface area contributed by atoms with Gasteiger partial charge in [0.1, 0.15) is 16.8 Å². The van der Waals surface area contributed by atoms with Gasteiger partial charge in [-0.2, -0.15) is 0 Å². The maximum absolute atomic E-state index is 5.88. The van der Waals surface area contributed by atoms with E-state index in [1.54, 1.807) is 0 Å². The molecule has 1 aromatic rings. The molecule has 0 aromatic carbocycles. The van der Waals surface area contributed by atoms with E-state index in [2.05, 4.69) is 21.9 Å². The first-order valence-electron chi connectivity index (χ1n) is 4.91. The van der Waals surface area contributed by atoms with Crippen LogP contribution in [0.4, 0.5) is 5.82 Å². The highest BCUT2D eigenvalue weighted by Crippen LogP contribution is 2.27. The Kier molecular flexibility index (Phi) is 2.59. The van der Waals surface area contributed by atoms with Gasteiger partial charge in [-0.05, 0) is 26.2 Å². The van der Waals surface area contributed by atoms with Crippen LogP contribution in [0.3, 0.4) is 0 Å². The first-order valence-corrected chi connectivity index (χ1v) is 5.28. The van der Waals surface area contributed by atoms with Crippen LogP contribution in [0.1, 0.15) is 25.1 Å². The molecule has 1 heterocycles. The van der Waals surface area contributed by atoms with Gasteiger partial charge in [-0.3, -0.25) is 0 Å². The molecule has 1 aromatic heterocycles. The Labute approximate surface area is 89.1 Å². The van der Waals surface area contributed by atoms with Crippen molar-refractivity contribution >= 4 is 17.4 Å². The largest absolute Gasteiger partial charge is 0.357 e. The average Bonchev–Trinajstić information content (AvgIpc) is 1.98. The maximum atomic E-state index is 5.88. The van der Waals surface area contributed by atoms with Crippen molar-refractivity contribution in [2.45, 2.75) is 32.2 Å². The van der Waals surface area contributed by atoms with Crippen LogP contribution in [0.15, 0.2) is 6.07 Å². The van der Waals surface area contributed by atoms with Crippen LogP contribution < -0.4 is 4.90 Å². The molecule has 76 valence electrons. The topological polar surface area (TPSA) is 29.0 Å². The first kappa shape index (κ1) is 9.71. The van der Waals surface area contributed by atoms with E-state index in [0.717, 1.165) is 11.6 Å². The maximum Gasteiger partial charge on any atom is 0.134 e. The molecular weight excluding hydrogens is 198 g/mol. The Morgan fingerprint density at radius 3 is 2.64 bits per heavy atom. The molecule has 0 saturated heterocycles. The van der Waals surface area contributed by atoms with Crippen LogP contribution in [0.5, 0.6) is 0 Å². The highest BCUT2D eigenvalue weighted by molar-refractivity contribution is 6.29. The Bertz CT molecular complexity index is 316. The molecular formula is C10H14ClN3. The van der Waals surface area contributed by atoms with Gasteiger partial charge >= 0.3 is 0 Å². The van der Waals surface area contributed by atoms with E-state index in [0.29, 0.717) is 11.2 Å². The molecule has 1 aliphatic carbocycles. The van der Waals surface area contributed by atoms with Crippen LogP contribution >= 0.6 is 11.6 Å². The van der Waals surface area contributed by atoms with Crippen molar-refractivity contribution in [2.75, 3.05) is 11.9 Å². The predicted molar refractivity (Wildman–Crippen MR) is 57.8 cm³/mol. The number of rotatable bonds is 2. The van der Waals surface area contributed by atoms with Crippen LogP contribution in [0, 0.1) is 6.92 Å². The van der Waals surface area contributed by atoms with Crippen LogP contribution in [-0.2, 0) is 0 Å². The summed E-state index contributed by atoms with van der Waals surface area (Å²) >= 11 is 5.88. The molecule has 0 amide bonds. The van der Waals surface area contributed by atoms with Crippen molar-refractivity contribution in [1.82, 2.24) is 9.97 Å². The summed E-state index contributed by atoms with van der Waals surface area (Å²) in [6.45, 7) is 1.87. The Balaban J connectivity index is 2.21. The predicted octanol–water partition coefficient (Wildman–Crippen LogP) is 2.43. The van der Waals surface area contributed by atoms with Crippen LogP contribution in [0.25, 0.3) is 0 Å². The summed E-state index contributed by atoms with van der Waals surface area (Å²) in [4.78, 5) is 10.6. The molecule has 3 nitrogen and oxygen atoms in total. The summed E-state index contributed by atoms with van der Waals surface area (Å²) in [5.41, 5.74) is 0. The summed E-state index contributed by atoms with van der Waals surface area (Å²) in [5, 5.41) is 0.527. The molecule has 2 rings (SSSR count). The highest BCUT2D eigenvalue weighted by Gasteiger charge is 2.23. The van der Waals surface area contributed by atoms with E-state index in [9.17, 15) is 0 Å². The summed E-state index contributed by atoms with van der Waals surface area (Å²) in [7, 11) is 2.07. The average molecular weight is 212 g/mol. The van der Waals surface area contributed by atoms with Gasteiger partial charge in [0.2, 0.25) is 0 Å². The third-order valence-corrected chi connectivity index (χ3v) is 2.97. The van der Waals surface area contributed by atoms with E-state index in [4.69, 9.17) is 11.6 Å². The molecule has 1 fully saturated rings. The summed E-state index contributed by atoms with van der Waals surface area (Å²) in [5.74, 6) is 1.67. The normalized spacial score (nSPS) is 16.5. The zero-order chi connectivity index (χ0) is 10.1. The first-order chi connectivity index (χ1) is 6.66. The van der Waals surface area contributed by atoms with Crippen LogP contribution in [-0.4, -0.2) is 23.1 Å². The van der Waals surface area contributed by atoms with Crippen molar-refractivity contribution in [3.05, 3.63) is 17.0 Å². The van der Waals surface area contributed by atoms with Gasteiger partial charge in [0.25, 0.3) is 0 Å². The van der Waals surface area contributed by atoms with Crippen molar-refractivity contribution in [3.63, 3.8) is 0 Å². The zero-order valence-corrected chi connectivity index (χ0v) is 9.25. The van der Waals surface area contributed by atoms with Crippen molar-refractivity contribution in [2.24, 2.45) is 0 Å². The molecule has 0 bridgehead atoms. The fraction of sp³-hybridized carbons (Fsp3) is 0.600. The molecule has 0 aliphatic heterocycles. The monoisotopic (exact) mass is 211 g/mol. The second kappa shape index (κ2) is 3.73. The number of aryl methyl sites for hydroxylation is 1. The molecule has 0 spiro atoms. The van der Waals surface area contributed by atoms with Crippen molar-refractivity contribution < 1.29 is 0 Å². The lowest BCUT2D eigenvalue weighted by atomic mass is 9.92. The number of aromatic nitrogens is 2. The lowest BCUT2D eigenvalue weighted by Gasteiger charge is -2.35. The molecule has 0 unspecified atom stereocenters. The Morgan fingerprint density at radius 1 is 1.43 bits per heavy atom. The Morgan fingerprint density at radius 2 is 2.14 bits per heavy atom. The highest BCUT2D eigenvalue weighted by atomic mass is 35.5. The van der Waals surface area contributed by atoms with Gasteiger partial charge in [0.05, 0.1) is 0 Å². The molecule has 1 saturated carbocycles. The lowest BCUT2D eigenvalue weighted by molar-refractivity contribution is 0.399. The fourth-order valence-corrected chi connectivity index (χ4v) is 1.88. The number of hydrogen-bond donors (Lipinski definition) is 0. The SMILES string of the molecule is Cc1nc(Cl)cc(N(C)C2CCC2)n1. The van der Waals surface area contributed by atoms with Crippen molar-refractivity contribution in [1.29, 1.82) is 0 Å². The number of nitrogens with zero attached hydrogens (tertiary/aromatic N) is 3. The van der Waals surface area contributed by atoms with Crippen LogP contribution in [0.2, 0.25) is 5.15 Å². The molecule has 4 heteroatoms. The van der Waals surface area contributed by atoms with Gasteiger partial charge in [-0.1, -0.05) is 11.6 Å². The van der Waals surface area contributed by atoms with Gasteiger partial charge in [0, 0.05) is 19.2 Å². The van der Waals surface area contributed by atoms with Gasteiger partial charge in [-0.25, -0.2) is 9.97 Å². The standard InChI is InChI=1S/C10H14ClN3/c1-7-12-9(11)6-10(13-7)14(2)8-4-3-5-8/h6,8H,3-5H2,1-2H3. The number of anilines is 1. The van der Waals surface area contributed by atoms with E-state index in [1.807, 2.05) is 13.0 Å². The third kappa shape index (κ3) is 1.82. The molecule has 0 radical (unpaired) electrons. The summed E-state index contributed by atoms with van der Waals surface area (Å²) in [6, 6.07) is 2.47. The Hall–Kier alpha value is -0.830. The molecule has 0 N–H and O–H groups in total. The molecule has 14 heavy (non-hydrogen) atoms. The minimum absolute atomic E-state index is 0.527. The summed E-state index contributed by atoms with van der Waals surface area (Å²) in [6.07, 6.45) is 3.85. The van der Waals surface area contributed by atoms with Gasteiger partial charge in [0.15, 0.2) is 0 Å². The second-order valence-electron chi connectivity index (χ2n) is 3.79. The van der Waals surface area contributed by atoms with E-state index in [-0.39, 0.29) is 0 Å². The van der Waals surface area contributed by atoms with Gasteiger partial charge in [-0.15, -0.1) is 0 Å². The second-order valence-corrected chi connectivity index (χ2v) is 4.18. The summed E-state index contributed by atoms with van der Waals surface area (Å²) < 4.78 is 0. The zero-order valence-electron chi connectivity index (χ0n) is 8.50. The molecule has 0 atom stereocenters. The van der Waals surface area contributed by atoms with Crippen molar-refractivity contribution in [3.8, 4) is 0 Å². The third-order valence-electron chi connectivity index (χ3n) is 2.78. The number of hydrogen-bond acceptors (Lipinski definition) is 3. The van der Waals surface area contributed by atoms with Gasteiger partial charge < -0.3 is 4.90 Å². The quantitative estimate of drug-likeness (QED) is 0.704. The van der Waals surface area contributed by atoms with E-state index < -0.39 is 0 Å². The van der Waals surface area contributed by atoms with E-state index in [1.165, 1.54) is 19.3 Å². The van der Waals surface area contributed by atoms with E-state index >= 15 is 0 Å². The minimum Gasteiger partial charge on any atom is -0.357 e. The molecule has 1 aliphatic rings. The number of halogens is 1. The fourth-order valence-electron chi connectivity index (χ4n) is 1.66. The minimum atomic E-state index is 0.527. The smallest absolute Gasteiger partial charge is 0.134 e.